The van der Waals surface area contributed by atoms with Gasteiger partial charge >= 0.3 is 11.9 Å². The number of rotatable bonds is 19. The molecule has 3 fully saturated rings. The van der Waals surface area contributed by atoms with Crippen LogP contribution in [0.15, 0.2) is 70.9 Å². The number of unbranched alkanes of at least 4 members (excludes halogenated alkanes) is 2. The smallest absolute Gasteiger partial charge is 0.305 e. The molecule has 110 heavy (non-hydrogen) atoms. The van der Waals surface area contributed by atoms with E-state index in [4.69, 9.17) is 34.4 Å². The van der Waals surface area contributed by atoms with E-state index in [0.717, 1.165) is 10.9 Å². The van der Waals surface area contributed by atoms with Crippen molar-refractivity contribution >= 4 is 172 Å². The average molecular weight is 1610 g/mol. The molecule has 598 valence electrons. The highest BCUT2D eigenvalue weighted by Crippen LogP contribution is 2.30. The number of aromatic nitrogens is 2. The number of fused-ring (bicyclic) bond motifs is 3. The summed E-state index contributed by atoms with van der Waals surface area (Å²) in [5, 5.41) is 47.8. The number of hydrogen-bond donors (Lipinski definition) is 21. The topological polar surface area (TPSA) is 662 Å². The van der Waals surface area contributed by atoms with Gasteiger partial charge in [-0.25, -0.2) is 0 Å². The molecule has 0 spiro atoms. The Bertz CT molecular complexity index is 4040. The zero-order valence-electron chi connectivity index (χ0n) is 59.6. The Kier molecular flexibility index (Phi) is 36.0. The van der Waals surface area contributed by atoms with E-state index < -0.39 is 181 Å². The number of nitrogens with zero attached hydrogens (tertiary/aromatic N) is 3. The van der Waals surface area contributed by atoms with Crippen molar-refractivity contribution in [3.05, 3.63) is 72.1 Å². The molecule has 27 N–H and O–H groups in total. The summed E-state index contributed by atoms with van der Waals surface area (Å²) < 4.78 is 0. The van der Waals surface area contributed by atoms with E-state index in [1.165, 1.54) is 54.3 Å². The Hall–Kier alpha value is -11.0. The quantitative estimate of drug-likeness (QED) is 0.0181. The Balaban J connectivity index is 0.000000344. The third kappa shape index (κ3) is 29.5. The number of carbonyl (C=O) groups excluding carboxylic acids is 14. The van der Waals surface area contributed by atoms with Gasteiger partial charge in [0.2, 0.25) is 76.8 Å². The molecule has 0 bridgehead atoms. The maximum atomic E-state index is 14.4. The van der Waals surface area contributed by atoms with Crippen LogP contribution in [0.4, 0.5) is 0 Å². The summed E-state index contributed by atoms with van der Waals surface area (Å²) in [6.07, 6.45) is 4.01. The highest BCUT2D eigenvalue weighted by atomic mass is 33.1. The number of hydrogen-bond acceptors (Lipinski definition) is 22. The van der Waals surface area contributed by atoms with Crippen LogP contribution in [0.1, 0.15) is 94.2 Å². The highest BCUT2D eigenvalue weighted by molar-refractivity contribution is 8.77. The van der Waals surface area contributed by atoms with Crippen molar-refractivity contribution in [2.75, 3.05) is 62.3 Å². The first-order valence-electron chi connectivity index (χ1n) is 34.7. The van der Waals surface area contributed by atoms with Crippen LogP contribution in [0, 0.1) is 0 Å². The van der Waals surface area contributed by atoms with Gasteiger partial charge in [-0.05, 0) is 69.1 Å². The number of amides is 14. The van der Waals surface area contributed by atoms with Gasteiger partial charge < -0.3 is 118 Å². The fourth-order valence-corrected chi connectivity index (χ4v) is 15.7. The number of primary amides is 2. The minimum Gasteiger partial charge on any atom is -0.481 e. The van der Waals surface area contributed by atoms with E-state index in [1.807, 2.05) is 0 Å². The van der Waals surface area contributed by atoms with E-state index in [0.29, 0.717) is 54.1 Å². The summed E-state index contributed by atoms with van der Waals surface area (Å²) in [4.78, 5) is 223. The van der Waals surface area contributed by atoms with Crippen LogP contribution in [0.5, 0.6) is 0 Å². The van der Waals surface area contributed by atoms with Crippen LogP contribution >= 0.6 is 43.2 Å². The van der Waals surface area contributed by atoms with Crippen molar-refractivity contribution in [1.29, 1.82) is 0 Å². The Morgan fingerprint density at radius 1 is 0.473 bits per heavy atom. The third-order valence-corrected chi connectivity index (χ3v) is 21.7. The molecule has 3 aliphatic rings. The molecule has 3 saturated heterocycles. The van der Waals surface area contributed by atoms with Crippen molar-refractivity contribution in [2.45, 2.75) is 138 Å². The number of nitrogens with one attached hydrogen (secondary N) is 13. The Labute approximate surface area is 645 Å². The van der Waals surface area contributed by atoms with Gasteiger partial charge in [0, 0.05) is 102 Å². The highest BCUT2D eigenvalue weighted by Gasteiger charge is 2.41. The van der Waals surface area contributed by atoms with Crippen molar-refractivity contribution in [2.24, 2.45) is 44.4 Å². The molecule has 0 radical (unpaired) electrons. The van der Waals surface area contributed by atoms with Crippen molar-refractivity contribution < 1.29 is 86.9 Å². The van der Waals surface area contributed by atoms with Crippen molar-refractivity contribution in [3.8, 4) is 0 Å². The van der Waals surface area contributed by atoms with Crippen LogP contribution in [0.3, 0.4) is 0 Å². The Morgan fingerprint density at radius 2 is 0.918 bits per heavy atom. The average Bonchev–Trinajstić information content (AvgIpc) is 1.62. The fraction of sp³-hybridized carbons (Fsp3) is 0.485. The van der Waals surface area contributed by atoms with Gasteiger partial charge in [0.15, 0.2) is 11.9 Å². The van der Waals surface area contributed by atoms with Crippen molar-refractivity contribution in [1.82, 2.24) is 73.4 Å². The lowest BCUT2D eigenvalue weighted by Crippen LogP contribution is -2.57. The van der Waals surface area contributed by atoms with Gasteiger partial charge in [0.25, 0.3) is 5.91 Å². The lowest BCUT2D eigenvalue weighted by Gasteiger charge is -2.30. The lowest BCUT2D eigenvalue weighted by molar-refractivity contribution is -0.143. The van der Waals surface area contributed by atoms with Crippen molar-refractivity contribution in [3.63, 3.8) is 0 Å². The lowest BCUT2D eigenvalue weighted by atomic mass is 10.0. The molecule has 4 aromatic rings. The molecule has 44 heteroatoms. The second-order valence-electron chi connectivity index (χ2n) is 25.2. The van der Waals surface area contributed by atoms with Crippen LogP contribution < -0.4 is 92.9 Å². The molecule has 0 aliphatic carbocycles. The SMILES string of the molecule is NC(=O)[C@@H]1CSSCCC(=O)N[C@@H](CCCCN=C(N)N)C(=O)NCC(=O)N[C@@H](CC(=O)O)C(=O)N[C@H](Cc2c[nH]c3ccccc23)C(=O)NCC(=O)N1.NC(=O)[C@@H]1CSSCCC(=O)N[C@@H](CCCCN=C(N)N)C(=O)NCC(=O)N[C@@H](CC(=O)O)C(=O)N[C@H](c2c[nH]c3ccccc23)C(=O)N2CCC[C@H]2C(=O)N1. The summed E-state index contributed by atoms with van der Waals surface area (Å²) in [5.41, 5.74) is 34.8. The minimum absolute atomic E-state index is 0.0216. The number of aliphatic imine (C=N–C) groups is 2. The maximum absolute atomic E-state index is 14.4. The van der Waals surface area contributed by atoms with Crippen LogP contribution in [0.25, 0.3) is 21.8 Å². The number of carbonyl (C=O) groups is 16. The zero-order chi connectivity index (χ0) is 80.4. The fourth-order valence-electron chi connectivity index (χ4n) is 11.4. The molecule has 0 saturated carbocycles. The summed E-state index contributed by atoms with van der Waals surface area (Å²) in [7, 11) is 4.83. The molecular formula is C66H92N22O18S4. The predicted molar refractivity (Wildman–Crippen MR) is 409 cm³/mol. The first-order chi connectivity index (χ1) is 52.5. The van der Waals surface area contributed by atoms with E-state index in [1.54, 1.807) is 54.7 Å². The van der Waals surface area contributed by atoms with E-state index >= 15 is 0 Å². The van der Waals surface area contributed by atoms with Gasteiger partial charge in [-0.3, -0.25) is 86.7 Å². The van der Waals surface area contributed by atoms with Crippen LogP contribution in [0.2, 0.25) is 0 Å². The normalized spacial score (nSPS) is 22.8. The molecule has 14 amide bonds. The number of aromatic amines is 2. The molecule has 9 atom stereocenters. The number of H-pyrrole nitrogens is 2. The van der Waals surface area contributed by atoms with E-state index in [2.05, 4.69) is 78.4 Å². The first kappa shape index (κ1) is 87.9. The number of carboxylic acid groups (broad SMARTS) is 2. The number of guanidine groups is 2. The number of aliphatic carboxylic acids is 2. The second kappa shape index (κ2) is 45.1. The second-order valence-corrected chi connectivity index (χ2v) is 30.4. The standard InChI is InChI=1S/C34H47N11O9S2.C32H45N11O9S2/c35-29(50)23-17-56-55-13-10-25(46)41-21(8-3-4-11-38-34(36)37)30(51)40-16-26(47)42-22(14-27(48)49)31(52)44-28(19-15-39-20-7-2-1-6-18(19)20)33(54)45-12-5-9-24(45)32(53)43-23;33-28(49)23-16-54-53-10-8-24(44)40-20(7-3-4-9-36-32(34)35)29(50)38-14-25(45)41-22(12-27(47)48)31(52)43-21(30(51)39-15-26(46)42-23)11-17-13-37-19-6-2-1-5-18(17)19/h1-2,6-7,15,21-24,28,39H,3-5,8-14,16-17H2,(H2,35,50)(H,40,51)(H,41,46)(H,42,47)(H,43,53)(H,44,52)(H,48,49)(H4,36,37,38);1-2,5-6,13,20-23,37H,3-4,7-12,14-16H2,(H2,33,49)(H,38,50)(H,39,51)(H,40,44)(H,41,45)(H,42,46)(H,43,52)(H,47,48)(H4,34,35,36)/t21-,22-,23-,24-,28+;20-,21+,22-,23-/m00/s1. The number of carboxylic acids is 2. The van der Waals surface area contributed by atoms with E-state index in [-0.39, 0.29) is 93.1 Å². The van der Waals surface area contributed by atoms with Gasteiger partial charge in [0.1, 0.15) is 54.4 Å². The summed E-state index contributed by atoms with van der Waals surface area (Å²) in [5.74, 6) is -13.3. The number of para-hydroxylation sites is 2. The van der Waals surface area contributed by atoms with Gasteiger partial charge in [0.05, 0.1) is 32.5 Å². The molecule has 2 aromatic heterocycles. The number of nitrogens with two attached hydrogens (primary N) is 6. The molecule has 0 unspecified atom stereocenters. The summed E-state index contributed by atoms with van der Waals surface area (Å²) in [6.45, 7) is -1.26. The minimum atomic E-state index is -1.70. The first-order valence-corrected chi connectivity index (χ1v) is 39.7. The monoisotopic (exact) mass is 1610 g/mol. The molecule has 3 aliphatic heterocycles. The van der Waals surface area contributed by atoms with E-state index in [9.17, 15) is 86.9 Å². The van der Waals surface area contributed by atoms with Crippen LogP contribution in [-0.2, 0) is 83.1 Å². The maximum Gasteiger partial charge on any atom is 0.305 e. The summed E-state index contributed by atoms with van der Waals surface area (Å²) >= 11 is 0. The molecule has 5 heterocycles. The summed E-state index contributed by atoms with van der Waals surface area (Å²) in [6, 6.07) is 2.49. The van der Waals surface area contributed by atoms with Gasteiger partial charge in [-0.15, -0.1) is 0 Å². The molecule has 7 rings (SSSR count). The zero-order valence-corrected chi connectivity index (χ0v) is 62.9. The third-order valence-electron chi connectivity index (χ3n) is 16.9. The van der Waals surface area contributed by atoms with Gasteiger partial charge in [-0.2, -0.15) is 0 Å². The molecule has 2 aromatic carbocycles. The largest absolute Gasteiger partial charge is 0.481 e. The molecular weight excluding hydrogens is 1520 g/mol. The molecule has 40 nitrogen and oxygen atoms in total. The predicted octanol–water partition coefficient (Wildman–Crippen LogP) is -4.85. The number of benzene rings is 2. The van der Waals surface area contributed by atoms with Gasteiger partial charge in [-0.1, -0.05) is 79.6 Å². The Morgan fingerprint density at radius 3 is 1.42 bits per heavy atom. The van der Waals surface area contributed by atoms with Crippen LogP contribution in [-0.4, -0.2) is 242 Å².